The molecule has 1 unspecified atom stereocenters. The predicted molar refractivity (Wildman–Crippen MR) is 76.6 cm³/mol. The smallest absolute Gasteiger partial charge is 0.270 e. The number of carbonyl (C=O) groups is 1. The van der Waals surface area contributed by atoms with Crippen molar-refractivity contribution in [1.82, 2.24) is 14.9 Å². The van der Waals surface area contributed by atoms with Gasteiger partial charge in [0.05, 0.1) is 0 Å². The first-order valence-corrected chi connectivity index (χ1v) is 8.18. The number of hydrogen-bond acceptors (Lipinski definition) is 8. The van der Waals surface area contributed by atoms with Crippen molar-refractivity contribution in [2.75, 3.05) is 5.32 Å². The van der Waals surface area contributed by atoms with Crippen molar-refractivity contribution in [2.24, 2.45) is 10.9 Å². The van der Waals surface area contributed by atoms with Crippen LogP contribution in [0, 0.1) is 0 Å². The lowest BCUT2D eigenvalue weighted by molar-refractivity contribution is -0.114. The van der Waals surface area contributed by atoms with Gasteiger partial charge in [0.15, 0.2) is 0 Å². The number of amides is 1. The summed E-state index contributed by atoms with van der Waals surface area (Å²) in [5.74, 6) is -0.456. The average Bonchev–Trinajstić information content (AvgIpc) is 2.85. The molecular formula is C9H16N6O4S2. The molecule has 10 nitrogen and oxygen atoms in total. The molecule has 0 saturated carbocycles. The Kier molecular flexibility index (Phi) is 5.99. The summed E-state index contributed by atoms with van der Waals surface area (Å²) in [5, 5.41) is 20.8. The van der Waals surface area contributed by atoms with E-state index in [-0.39, 0.29) is 27.6 Å². The Morgan fingerprint density at radius 2 is 2.19 bits per heavy atom. The number of nitrogens with zero attached hydrogens (tertiary/aromatic N) is 3. The SMILES string of the molecule is CCC(CC(N)=NO)NS(=O)(=O)c1nnc(NC(C)=O)s1. The molecule has 1 atom stereocenters. The van der Waals surface area contributed by atoms with Crippen LogP contribution >= 0.6 is 11.3 Å². The van der Waals surface area contributed by atoms with Crippen LogP contribution in [-0.4, -0.2) is 41.6 Å². The summed E-state index contributed by atoms with van der Waals surface area (Å²) in [6.07, 6.45) is 0.496. The van der Waals surface area contributed by atoms with Crippen LogP contribution in [0.15, 0.2) is 9.50 Å². The standard InChI is InChI=1S/C9H16N6O4S2/c1-3-6(4-7(10)14-17)15-21(18,19)9-13-12-8(20-9)11-5(2)16/h6,15,17H,3-4H2,1-2H3,(H2,10,14)(H,11,12,16). The van der Waals surface area contributed by atoms with E-state index >= 15 is 0 Å². The van der Waals surface area contributed by atoms with Gasteiger partial charge in [0.25, 0.3) is 10.0 Å². The highest BCUT2D eigenvalue weighted by Crippen LogP contribution is 2.20. The minimum absolute atomic E-state index is 0.0591. The van der Waals surface area contributed by atoms with E-state index in [1.165, 1.54) is 6.92 Å². The number of hydrogen-bond donors (Lipinski definition) is 4. The Morgan fingerprint density at radius 3 is 2.71 bits per heavy atom. The van der Waals surface area contributed by atoms with Crippen molar-refractivity contribution in [3.63, 3.8) is 0 Å². The van der Waals surface area contributed by atoms with E-state index in [2.05, 4.69) is 25.4 Å². The molecule has 1 amide bonds. The molecule has 0 radical (unpaired) electrons. The van der Waals surface area contributed by atoms with Crippen LogP contribution in [0.1, 0.15) is 26.7 Å². The Labute approximate surface area is 125 Å². The number of nitrogens with one attached hydrogen (secondary N) is 2. The van der Waals surface area contributed by atoms with Crippen LogP contribution in [0.2, 0.25) is 0 Å². The van der Waals surface area contributed by atoms with Gasteiger partial charge in [-0.3, -0.25) is 4.79 Å². The number of anilines is 1. The fourth-order valence-electron chi connectivity index (χ4n) is 1.35. The van der Waals surface area contributed by atoms with Gasteiger partial charge in [0.1, 0.15) is 5.84 Å². The van der Waals surface area contributed by atoms with Crippen LogP contribution in [-0.2, 0) is 14.8 Å². The summed E-state index contributed by atoms with van der Waals surface area (Å²) in [5.41, 5.74) is 5.36. The number of rotatable bonds is 7. The predicted octanol–water partition coefficient (Wildman–Crippen LogP) is -0.310. The van der Waals surface area contributed by atoms with Crippen LogP contribution in [0.4, 0.5) is 5.13 Å². The lowest BCUT2D eigenvalue weighted by Gasteiger charge is -2.14. The number of carbonyl (C=O) groups excluding carboxylic acids is 1. The van der Waals surface area contributed by atoms with E-state index in [1.54, 1.807) is 6.92 Å². The monoisotopic (exact) mass is 336 g/mol. The normalized spacial score (nSPS) is 13.9. The Hall–Kier alpha value is -1.79. The molecule has 118 valence electrons. The largest absolute Gasteiger partial charge is 0.409 e. The van der Waals surface area contributed by atoms with Crippen LogP contribution in [0.5, 0.6) is 0 Å². The van der Waals surface area contributed by atoms with Crippen molar-refractivity contribution < 1.29 is 18.4 Å². The van der Waals surface area contributed by atoms with E-state index in [0.29, 0.717) is 6.42 Å². The van der Waals surface area contributed by atoms with Crippen molar-refractivity contribution in [1.29, 1.82) is 0 Å². The molecule has 0 spiro atoms. The van der Waals surface area contributed by atoms with Gasteiger partial charge in [-0.05, 0) is 6.42 Å². The number of nitrogens with two attached hydrogens (primary N) is 1. The van der Waals surface area contributed by atoms with Crippen molar-refractivity contribution in [2.45, 2.75) is 37.1 Å². The fourth-order valence-corrected chi connectivity index (χ4v) is 3.63. The molecule has 12 heteroatoms. The van der Waals surface area contributed by atoms with Gasteiger partial charge in [-0.15, -0.1) is 10.2 Å². The summed E-state index contributed by atoms with van der Waals surface area (Å²) < 4.78 is 26.3. The van der Waals surface area contributed by atoms with Crippen molar-refractivity contribution in [3.8, 4) is 0 Å². The van der Waals surface area contributed by atoms with Gasteiger partial charge in [0.2, 0.25) is 15.4 Å². The minimum atomic E-state index is -3.89. The maximum absolute atomic E-state index is 12.1. The molecule has 0 aliphatic heterocycles. The summed E-state index contributed by atoms with van der Waals surface area (Å²) in [4.78, 5) is 10.9. The highest BCUT2D eigenvalue weighted by molar-refractivity contribution is 7.91. The maximum Gasteiger partial charge on any atom is 0.270 e. The third-order valence-electron chi connectivity index (χ3n) is 2.32. The molecule has 0 bridgehead atoms. The number of amidine groups is 1. The van der Waals surface area contributed by atoms with Crippen LogP contribution in [0.25, 0.3) is 0 Å². The topological polar surface area (TPSA) is 160 Å². The minimum Gasteiger partial charge on any atom is -0.409 e. The number of oxime groups is 1. The van der Waals surface area contributed by atoms with Gasteiger partial charge in [-0.1, -0.05) is 23.4 Å². The molecule has 1 heterocycles. The molecule has 1 aromatic heterocycles. The van der Waals surface area contributed by atoms with Gasteiger partial charge in [0, 0.05) is 19.4 Å². The first-order valence-electron chi connectivity index (χ1n) is 5.88. The second-order valence-corrected chi connectivity index (χ2v) is 6.94. The van der Waals surface area contributed by atoms with Gasteiger partial charge < -0.3 is 16.3 Å². The first-order chi connectivity index (χ1) is 9.78. The molecular weight excluding hydrogens is 320 g/mol. The molecule has 0 aliphatic rings. The highest BCUT2D eigenvalue weighted by atomic mass is 32.2. The maximum atomic E-state index is 12.1. The zero-order valence-electron chi connectivity index (χ0n) is 11.4. The third kappa shape index (κ3) is 5.24. The summed E-state index contributed by atoms with van der Waals surface area (Å²) >= 11 is 0.730. The van der Waals surface area contributed by atoms with Crippen molar-refractivity contribution in [3.05, 3.63) is 0 Å². The summed E-state index contributed by atoms with van der Waals surface area (Å²) in [7, 11) is -3.89. The van der Waals surface area contributed by atoms with E-state index in [1.807, 2.05) is 0 Å². The summed E-state index contributed by atoms with van der Waals surface area (Å²) in [6.45, 7) is 3.03. The Morgan fingerprint density at radius 1 is 1.52 bits per heavy atom. The lowest BCUT2D eigenvalue weighted by Crippen LogP contribution is -2.37. The van der Waals surface area contributed by atoms with Gasteiger partial charge >= 0.3 is 0 Å². The zero-order chi connectivity index (χ0) is 16.0. The van der Waals surface area contributed by atoms with E-state index in [4.69, 9.17) is 10.9 Å². The molecule has 0 aliphatic carbocycles. The molecule has 21 heavy (non-hydrogen) atoms. The second-order valence-electron chi connectivity index (χ2n) is 4.08. The van der Waals surface area contributed by atoms with Crippen LogP contribution in [0.3, 0.4) is 0 Å². The quantitative estimate of drug-likeness (QED) is 0.175. The Balaban J connectivity index is 2.84. The average molecular weight is 336 g/mol. The lowest BCUT2D eigenvalue weighted by atomic mass is 10.1. The Bertz CT molecular complexity index is 626. The molecule has 0 aromatic carbocycles. The molecule has 1 aromatic rings. The molecule has 5 N–H and O–H groups in total. The number of aromatic nitrogens is 2. The number of sulfonamides is 1. The van der Waals surface area contributed by atoms with E-state index < -0.39 is 16.1 Å². The van der Waals surface area contributed by atoms with Gasteiger partial charge in [-0.2, -0.15) is 0 Å². The zero-order valence-corrected chi connectivity index (χ0v) is 13.0. The molecule has 0 fully saturated rings. The molecule has 1 rings (SSSR count). The van der Waals surface area contributed by atoms with E-state index in [0.717, 1.165) is 11.3 Å². The van der Waals surface area contributed by atoms with Crippen LogP contribution < -0.4 is 15.8 Å². The highest BCUT2D eigenvalue weighted by Gasteiger charge is 2.24. The third-order valence-corrected chi connectivity index (χ3v) is 5.04. The first kappa shape index (κ1) is 17.3. The molecule has 0 saturated heterocycles. The van der Waals surface area contributed by atoms with Crippen molar-refractivity contribution >= 4 is 38.2 Å². The summed E-state index contributed by atoms with van der Waals surface area (Å²) in [6, 6.07) is -0.543. The van der Waals surface area contributed by atoms with Gasteiger partial charge in [-0.25, -0.2) is 13.1 Å². The van der Waals surface area contributed by atoms with E-state index in [9.17, 15) is 13.2 Å². The fraction of sp³-hybridized carbons (Fsp3) is 0.556. The second kappa shape index (κ2) is 7.28.